The number of anilines is 1. The maximum atomic E-state index is 14.9. The van der Waals surface area contributed by atoms with Gasteiger partial charge in [0, 0.05) is 31.8 Å². The van der Waals surface area contributed by atoms with Crippen LogP contribution in [0.1, 0.15) is 19.8 Å². The quantitative estimate of drug-likeness (QED) is 0.729. The maximum Gasteiger partial charge on any atom is 0.335 e. The molecule has 1 aromatic carbocycles. The Bertz CT molecular complexity index is 960. The molecule has 0 radical (unpaired) electrons. The minimum Gasteiger partial charge on any atom is -0.463 e. The molecule has 1 saturated heterocycles. The van der Waals surface area contributed by atoms with Gasteiger partial charge in [0.05, 0.1) is 24.0 Å². The van der Waals surface area contributed by atoms with E-state index in [0.29, 0.717) is 18.5 Å². The number of fused-ring (bicyclic) bond motifs is 1. The second-order valence-electron chi connectivity index (χ2n) is 7.41. The Kier molecular flexibility index (Phi) is 5.46. The maximum absolute atomic E-state index is 14.9. The summed E-state index contributed by atoms with van der Waals surface area (Å²) in [6.45, 7) is 2.59. The molecular formula is C21H22F3N3O3. The van der Waals surface area contributed by atoms with Gasteiger partial charge in [-0.25, -0.2) is 18.0 Å². The number of hydrogen-bond donors (Lipinski definition) is 2. The van der Waals surface area contributed by atoms with Crippen LogP contribution < -0.4 is 10.2 Å². The number of hydrogen-bond acceptors (Lipinski definition) is 6. The van der Waals surface area contributed by atoms with Gasteiger partial charge in [0.2, 0.25) is 0 Å². The van der Waals surface area contributed by atoms with Gasteiger partial charge in [-0.15, -0.1) is 0 Å². The minimum absolute atomic E-state index is 0.0319. The summed E-state index contributed by atoms with van der Waals surface area (Å²) in [4.78, 5) is 15.5. The predicted octanol–water partition coefficient (Wildman–Crippen LogP) is 2.68. The van der Waals surface area contributed by atoms with Crippen molar-refractivity contribution in [2.75, 3.05) is 24.6 Å². The van der Waals surface area contributed by atoms with Crippen molar-refractivity contribution in [2.45, 2.75) is 32.0 Å². The summed E-state index contributed by atoms with van der Waals surface area (Å²) in [5, 5.41) is 12.9. The molecule has 1 aromatic rings. The van der Waals surface area contributed by atoms with Gasteiger partial charge < -0.3 is 25.0 Å². The summed E-state index contributed by atoms with van der Waals surface area (Å²) in [5.41, 5.74) is 0.771. The molecule has 2 unspecified atom stereocenters. The van der Waals surface area contributed by atoms with Crippen LogP contribution in [0, 0.1) is 11.6 Å². The fourth-order valence-electron chi connectivity index (χ4n) is 3.94. The molecule has 1 fully saturated rings. The molecule has 2 N–H and O–H groups in total. The summed E-state index contributed by atoms with van der Waals surface area (Å²) >= 11 is 0. The Balaban J connectivity index is 1.74. The number of likely N-dealkylation sites (tertiary alicyclic amines) is 1. The zero-order chi connectivity index (χ0) is 21.4. The van der Waals surface area contributed by atoms with Crippen molar-refractivity contribution >= 4 is 11.7 Å². The van der Waals surface area contributed by atoms with Crippen LogP contribution in [0.3, 0.4) is 0 Å². The molecule has 30 heavy (non-hydrogen) atoms. The highest BCUT2D eigenvalue weighted by atomic mass is 19.1. The van der Waals surface area contributed by atoms with E-state index < -0.39 is 35.7 Å². The highest BCUT2D eigenvalue weighted by Gasteiger charge is 2.37. The van der Waals surface area contributed by atoms with E-state index in [9.17, 15) is 23.1 Å². The van der Waals surface area contributed by atoms with E-state index in [1.807, 2.05) is 0 Å². The number of ether oxygens (including phenoxy) is 1. The van der Waals surface area contributed by atoms with E-state index in [4.69, 9.17) is 4.74 Å². The molecule has 160 valence electrons. The van der Waals surface area contributed by atoms with Crippen LogP contribution in [0.5, 0.6) is 0 Å². The summed E-state index contributed by atoms with van der Waals surface area (Å²) in [7, 11) is 0. The van der Waals surface area contributed by atoms with Crippen LogP contribution in [0.15, 0.2) is 53.3 Å². The Morgan fingerprint density at radius 1 is 1.33 bits per heavy atom. The molecule has 6 nitrogen and oxygen atoms in total. The lowest BCUT2D eigenvalue weighted by Crippen LogP contribution is -2.51. The first-order valence-electron chi connectivity index (χ1n) is 9.78. The van der Waals surface area contributed by atoms with Gasteiger partial charge in [-0.1, -0.05) is 0 Å². The van der Waals surface area contributed by atoms with Crippen LogP contribution in [0.2, 0.25) is 0 Å². The number of aliphatic hydroxyl groups is 1. The van der Waals surface area contributed by atoms with Gasteiger partial charge in [0.25, 0.3) is 0 Å². The lowest BCUT2D eigenvalue weighted by Gasteiger charge is -2.41. The average Bonchev–Trinajstić information content (AvgIpc) is 3.13. The first kappa shape index (κ1) is 20.3. The largest absolute Gasteiger partial charge is 0.463 e. The molecule has 4 rings (SSSR count). The Morgan fingerprint density at radius 2 is 2.13 bits per heavy atom. The molecule has 2 atom stereocenters. The number of rotatable bonds is 4. The standard InChI is InChI=1S/C21H22F3N3O3/c1-2-30-21(29)13-7-12-8-17(24)20(26-6-5-15(28)11-26)25-19(12)27(10-13)18-4-3-14(22)9-16(18)23/h3-4,8-10,15,19,25,28H,2,5-7,11H2,1H3. The fourth-order valence-corrected chi connectivity index (χ4v) is 3.94. The highest BCUT2D eigenvalue weighted by Crippen LogP contribution is 2.36. The Labute approximate surface area is 171 Å². The SMILES string of the molecule is CCOC(=O)C1=CN(c2ccc(F)cc2F)C2NC(N3CCC(O)C3)=C(F)C=C2C1. The highest BCUT2D eigenvalue weighted by molar-refractivity contribution is 5.90. The lowest BCUT2D eigenvalue weighted by atomic mass is 9.95. The number of benzene rings is 1. The summed E-state index contributed by atoms with van der Waals surface area (Å²) in [6.07, 6.45) is 2.17. The smallest absolute Gasteiger partial charge is 0.335 e. The molecule has 0 aromatic heterocycles. The minimum atomic E-state index is -0.814. The summed E-state index contributed by atoms with van der Waals surface area (Å²) in [6, 6.07) is 3.13. The fraction of sp³-hybridized carbons (Fsp3) is 0.381. The zero-order valence-corrected chi connectivity index (χ0v) is 16.4. The third-order valence-corrected chi connectivity index (χ3v) is 5.34. The predicted molar refractivity (Wildman–Crippen MR) is 104 cm³/mol. The van der Waals surface area contributed by atoms with Gasteiger partial charge >= 0.3 is 5.97 Å². The van der Waals surface area contributed by atoms with Crippen LogP contribution >= 0.6 is 0 Å². The van der Waals surface area contributed by atoms with Crippen molar-refractivity contribution in [1.29, 1.82) is 0 Å². The van der Waals surface area contributed by atoms with E-state index >= 15 is 0 Å². The Morgan fingerprint density at radius 3 is 2.80 bits per heavy atom. The monoisotopic (exact) mass is 421 g/mol. The molecule has 0 spiro atoms. The third kappa shape index (κ3) is 3.77. The average molecular weight is 421 g/mol. The number of dihydropyridines is 1. The third-order valence-electron chi connectivity index (χ3n) is 5.34. The normalized spacial score (nSPS) is 23.6. The van der Waals surface area contributed by atoms with E-state index in [-0.39, 0.29) is 36.7 Å². The van der Waals surface area contributed by atoms with Crippen LogP contribution in [0.25, 0.3) is 0 Å². The molecule has 0 saturated carbocycles. The van der Waals surface area contributed by atoms with Crippen molar-refractivity contribution in [3.05, 3.63) is 64.9 Å². The van der Waals surface area contributed by atoms with E-state index in [1.54, 1.807) is 11.8 Å². The van der Waals surface area contributed by atoms with Crippen molar-refractivity contribution in [1.82, 2.24) is 10.2 Å². The van der Waals surface area contributed by atoms with Gasteiger partial charge in [-0.2, -0.15) is 0 Å². The van der Waals surface area contributed by atoms with E-state index in [2.05, 4.69) is 5.32 Å². The van der Waals surface area contributed by atoms with Crippen molar-refractivity contribution in [3.8, 4) is 0 Å². The molecule has 3 aliphatic heterocycles. The molecule has 9 heteroatoms. The van der Waals surface area contributed by atoms with Crippen molar-refractivity contribution in [3.63, 3.8) is 0 Å². The first-order chi connectivity index (χ1) is 14.4. The van der Waals surface area contributed by atoms with Gasteiger partial charge in [0.15, 0.2) is 5.83 Å². The van der Waals surface area contributed by atoms with Gasteiger partial charge in [-0.3, -0.25) is 0 Å². The number of carbonyl (C=O) groups excluding carboxylic acids is 1. The first-order valence-corrected chi connectivity index (χ1v) is 9.78. The van der Waals surface area contributed by atoms with Crippen LogP contribution in [0.4, 0.5) is 18.9 Å². The Hall–Kier alpha value is -2.94. The lowest BCUT2D eigenvalue weighted by molar-refractivity contribution is -0.138. The molecule has 3 heterocycles. The number of esters is 1. The number of allylic oxidation sites excluding steroid dienone is 2. The number of nitrogens with one attached hydrogen (secondary N) is 1. The molecule has 0 bridgehead atoms. The molecule has 3 aliphatic rings. The van der Waals surface area contributed by atoms with Crippen LogP contribution in [-0.4, -0.2) is 47.9 Å². The van der Waals surface area contributed by atoms with Gasteiger partial charge in [-0.05, 0) is 37.1 Å². The summed E-state index contributed by atoms with van der Waals surface area (Å²) < 4.78 is 48.0. The summed E-state index contributed by atoms with van der Waals surface area (Å²) in [5.74, 6) is -2.46. The number of carbonyl (C=O) groups is 1. The van der Waals surface area contributed by atoms with Crippen molar-refractivity contribution in [2.24, 2.45) is 0 Å². The van der Waals surface area contributed by atoms with Crippen molar-refractivity contribution < 1.29 is 27.8 Å². The van der Waals surface area contributed by atoms with E-state index in [0.717, 1.165) is 12.1 Å². The molecular weight excluding hydrogens is 399 g/mol. The molecule has 0 amide bonds. The second kappa shape index (κ2) is 8.06. The zero-order valence-electron chi connectivity index (χ0n) is 16.4. The number of halogens is 3. The van der Waals surface area contributed by atoms with Gasteiger partial charge in [0.1, 0.15) is 23.6 Å². The number of β-amino-alcohol motifs (C(OH)–C–C–N with tert-alkyl or cyclic N) is 1. The van der Waals surface area contributed by atoms with Crippen LogP contribution in [-0.2, 0) is 9.53 Å². The second-order valence-corrected chi connectivity index (χ2v) is 7.41. The topological polar surface area (TPSA) is 65.0 Å². The molecule has 0 aliphatic carbocycles. The number of nitrogens with zero attached hydrogens (tertiary/aromatic N) is 2. The number of aliphatic hydroxyl groups excluding tert-OH is 1. The van der Waals surface area contributed by atoms with E-state index in [1.165, 1.54) is 23.2 Å².